The lowest BCUT2D eigenvalue weighted by atomic mass is 10.1. The average Bonchev–Trinajstić information content (AvgIpc) is 2.13. The first kappa shape index (κ1) is 13.4. The standard InChI is InChI=1S/C10H22N2O2/c1-4-5-8(2)12(3)9(6-7-11)10(13)14/h8-9H,4-7,11H2,1-3H3,(H,13,14). The van der Waals surface area contributed by atoms with Gasteiger partial charge in [-0.1, -0.05) is 13.3 Å². The number of aliphatic carboxylic acids is 1. The summed E-state index contributed by atoms with van der Waals surface area (Å²) in [7, 11) is 1.86. The zero-order chi connectivity index (χ0) is 11.1. The fourth-order valence-corrected chi connectivity index (χ4v) is 1.59. The number of nitrogens with two attached hydrogens (primary N) is 1. The lowest BCUT2D eigenvalue weighted by Gasteiger charge is -2.30. The van der Waals surface area contributed by atoms with Crippen molar-refractivity contribution >= 4 is 5.97 Å². The lowest BCUT2D eigenvalue weighted by Crippen LogP contribution is -2.44. The van der Waals surface area contributed by atoms with Gasteiger partial charge < -0.3 is 10.8 Å². The van der Waals surface area contributed by atoms with E-state index in [1.54, 1.807) is 0 Å². The molecule has 0 aliphatic carbocycles. The number of nitrogens with zero attached hydrogens (tertiary/aromatic N) is 1. The molecule has 2 atom stereocenters. The van der Waals surface area contributed by atoms with Gasteiger partial charge >= 0.3 is 5.97 Å². The molecule has 0 amide bonds. The zero-order valence-electron chi connectivity index (χ0n) is 9.36. The van der Waals surface area contributed by atoms with Gasteiger partial charge in [-0.05, 0) is 33.4 Å². The van der Waals surface area contributed by atoms with Gasteiger partial charge in [0.1, 0.15) is 6.04 Å². The molecule has 0 aromatic rings. The monoisotopic (exact) mass is 202 g/mol. The molecule has 84 valence electrons. The normalized spacial score (nSPS) is 15.5. The number of carboxylic acid groups (broad SMARTS) is 1. The molecular formula is C10H22N2O2. The molecular weight excluding hydrogens is 180 g/mol. The van der Waals surface area contributed by atoms with Crippen molar-refractivity contribution in [1.82, 2.24) is 4.90 Å². The van der Waals surface area contributed by atoms with E-state index in [0.717, 1.165) is 12.8 Å². The second kappa shape index (κ2) is 6.79. The summed E-state index contributed by atoms with van der Waals surface area (Å²) < 4.78 is 0. The predicted molar refractivity (Wildman–Crippen MR) is 57.2 cm³/mol. The van der Waals surface area contributed by atoms with Gasteiger partial charge in [0.05, 0.1) is 0 Å². The van der Waals surface area contributed by atoms with Crippen LogP contribution in [-0.4, -0.2) is 41.7 Å². The smallest absolute Gasteiger partial charge is 0.320 e. The number of hydrogen-bond donors (Lipinski definition) is 2. The fourth-order valence-electron chi connectivity index (χ4n) is 1.59. The minimum Gasteiger partial charge on any atom is -0.480 e. The van der Waals surface area contributed by atoms with Crippen molar-refractivity contribution in [3.8, 4) is 0 Å². The fraction of sp³-hybridized carbons (Fsp3) is 0.900. The van der Waals surface area contributed by atoms with Crippen LogP contribution in [0.3, 0.4) is 0 Å². The van der Waals surface area contributed by atoms with Crippen LogP contribution in [0.2, 0.25) is 0 Å². The summed E-state index contributed by atoms with van der Waals surface area (Å²) in [6.07, 6.45) is 2.60. The summed E-state index contributed by atoms with van der Waals surface area (Å²) in [5.41, 5.74) is 5.39. The summed E-state index contributed by atoms with van der Waals surface area (Å²) in [5.74, 6) is -0.777. The highest BCUT2D eigenvalue weighted by Crippen LogP contribution is 2.10. The molecule has 0 aliphatic heterocycles. The summed E-state index contributed by atoms with van der Waals surface area (Å²) >= 11 is 0. The highest BCUT2D eigenvalue weighted by atomic mass is 16.4. The van der Waals surface area contributed by atoms with Crippen LogP contribution in [0, 0.1) is 0 Å². The van der Waals surface area contributed by atoms with Gasteiger partial charge in [-0.15, -0.1) is 0 Å². The minimum atomic E-state index is -0.777. The maximum absolute atomic E-state index is 10.9. The van der Waals surface area contributed by atoms with Gasteiger partial charge in [0.15, 0.2) is 0 Å². The number of likely N-dealkylation sites (N-methyl/N-ethyl adjacent to an activating group) is 1. The topological polar surface area (TPSA) is 66.6 Å². The number of hydrogen-bond acceptors (Lipinski definition) is 3. The van der Waals surface area contributed by atoms with E-state index in [1.807, 2.05) is 11.9 Å². The van der Waals surface area contributed by atoms with Crippen LogP contribution < -0.4 is 5.73 Å². The van der Waals surface area contributed by atoms with Crippen LogP contribution in [0.25, 0.3) is 0 Å². The Morgan fingerprint density at radius 1 is 1.50 bits per heavy atom. The van der Waals surface area contributed by atoms with Gasteiger partial charge in [0, 0.05) is 6.04 Å². The van der Waals surface area contributed by atoms with E-state index in [2.05, 4.69) is 13.8 Å². The predicted octanol–water partition coefficient (Wildman–Crippen LogP) is 0.909. The Morgan fingerprint density at radius 3 is 2.43 bits per heavy atom. The van der Waals surface area contributed by atoms with Crippen molar-refractivity contribution < 1.29 is 9.90 Å². The quantitative estimate of drug-likeness (QED) is 0.644. The minimum absolute atomic E-state index is 0.299. The third kappa shape index (κ3) is 4.07. The molecule has 0 bridgehead atoms. The van der Waals surface area contributed by atoms with Crippen molar-refractivity contribution in [2.45, 2.75) is 45.2 Å². The van der Waals surface area contributed by atoms with Crippen LogP contribution in [0.1, 0.15) is 33.1 Å². The Morgan fingerprint density at radius 2 is 2.07 bits per heavy atom. The first-order chi connectivity index (χ1) is 6.54. The first-order valence-corrected chi connectivity index (χ1v) is 5.19. The van der Waals surface area contributed by atoms with E-state index in [4.69, 9.17) is 10.8 Å². The molecule has 0 rings (SSSR count). The number of carbonyl (C=O) groups is 1. The summed E-state index contributed by atoms with van der Waals surface area (Å²) in [6, 6.07) is -0.144. The van der Waals surface area contributed by atoms with E-state index < -0.39 is 12.0 Å². The van der Waals surface area contributed by atoms with Gasteiger partial charge in [-0.25, -0.2) is 0 Å². The zero-order valence-corrected chi connectivity index (χ0v) is 9.36. The van der Waals surface area contributed by atoms with Crippen LogP contribution in [0.15, 0.2) is 0 Å². The van der Waals surface area contributed by atoms with Gasteiger partial charge in [-0.3, -0.25) is 9.69 Å². The Labute approximate surface area is 86.1 Å². The molecule has 0 aliphatic rings. The van der Waals surface area contributed by atoms with E-state index >= 15 is 0 Å². The van der Waals surface area contributed by atoms with Gasteiger partial charge in [0.25, 0.3) is 0 Å². The van der Waals surface area contributed by atoms with Crippen molar-refractivity contribution in [1.29, 1.82) is 0 Å². The third-order valence-corrected chi connectivity index (χ3v) is 2.62. The van der Waals surface area contributed by atoms with Gasteiger partial charge in [0.2, 0.25) is 0 Å². The Hall–Kier alpha value is -0.610. The molecule has 2 unspecified atom stereocenters. The Bertz CT molecular complexity index is 174. The number of carboxylic acids is 1. The van der Waals surface area contributed by atoms with Crippen molar-refractivity contribution in [2.24, 2.45) is 5.73 Å². The van der Waals surface area contributed by atoms with Crippen LogP contribution in [-0.2, 0) is 4.79 Å². The van der Waals surface area contributed by atoms with Crippen molar-refractivity contribution in [2.75, 3.05) is 13.6 Å². The van der Waals surface area contributed by atoms with Crippen molar-refractivity contribution in [3.63, 3.8) is 0 Å². The van der Waals surface area contributed by atoms with E-state index in [0.29, 0.717) is 19.0 Å². The van der Waals surface area contributed by atoms with Crippen LogP contribution in [0.4, 0.5) is 0 Å². The summed E-state index contributed by atoms with van der Waals surface area (Å²) in [4.78, 5) is 12.8. The molecule has 0 aromatic carbocycles. The summed E-state index contributed by atoms with van der Waals surface area (Å²) in [6.45, 7) is 4.57. The van der Waals surface area contributed by atoms with E-state index in [-0.39, 0.29) is 0 Å². The first-order valence-electron chi connectivity index (χ1n) is 5.19. The molecule has 0 saturated carbocycles. The van der Waals surface area contributed by atoms with E-state index in [9.17, 15) is 4.79 Å². The van der Waals surface area contributed by atoms with Crippen LogP contribution >= 0.6 is 0 Å². The van der Waals surface area contributed by atoms with Crippen molar-refractivity contribution in [3.05, 3.63) is 0 Å². The largest absolute Gasteiger partial charge is 0.480 e. The highest BCUT2D eigenvalue weighted by Gasteiger charge is 2.24. The average molecular weight is 202 g/mol. The maximum Gasteiger partial charge on any atom is 0.320 e. The second-order valence-electron chi connectivity index (χ2n) is 3.73. The molecule has 0 spiro atoms. The number of rotatable bonds is 7. The lowest BCUT2D eigenvalue weighted by molar-refractivity contribution is -0.143. The molecule has 4 heteroatoms. The molecule has 4 nitrogen and oxygen atoms in total. The molecule has 3 N–H and O–H groups in total. The molecule has 0 saturated heterocycles. The Balaban J connectivity index is 4.26. The highest BCUT2D eigenvalue weighted by molar-refractivity contribution is 5.73. The molecule has 0 aromatic heterocycles. The SMILES string of the molecule is CCCC(C)N(C)C(CCN)C(=O)O. The van der Waals surface area contributed by atoms with E-state index in [1.165, 1.54) is 0 Å². The third-order valence-electron chi connectivity index (χ3n) is 2.62. The van der Waals surface area contributed by atoms with Crippen LogP contribution in [0.5, 0.6) is 0 Å². The maximum atomic E-state index is 10.9. The molecule has 14 heavy (non-hydrogen) atoms. The Kier molecular flexibility index (Phi) is 6.49. The molecule has 0 heterocycles. The summed E-state index contributed by atoms with van der Waals surface area (Å²) in [5, 5.41) is 8.99. The van der Waals surface area contributed by atoms with Gasteiger partial charge in [-0.2, -0.15) is 0 Å². The molecule has 0 fully saturated rings. The molecule has 0 radical (unpaired) electrons. The second-order valence-corrected chi connectivity index (χ2v) is 3.73.